The molecule has 3 nitrogen and oxygen atoms in total. The normalized spacial score (nSPS) is 20.3. The average Bonchev–Trinajstić information content (AvgIpc) is 2.82. The van der Waals surface area contributed by atoms with E-state index in [1.165, 1.54) is 6.07 Å². The lowest BCUT2D eigenvalue weighted by atomic mass is 9.71. The van der Waals surface area contributed by atoms with Crippen LogP contribution in [0, 0.1) is 23.5 Å². The monoisotopic (exact) mass is 462 g/mol. The van der Waals surface area contributed by atoms with Gasteiger partial charge in [-0.05, 0) is 74.0 Å². The van der Waals surface area contributed by atoms with Gasteiger partial charge < -0.3 is 9.84 Å². The third kappa shape index (κ3) is 6.10. The summed E-state index contributed by atoms with van der Waals surface area (Å²) in [5.41, 5.74) is 1.81. The molecule has 6 heteroatoms. The minimum absolute atomic E-state index is 0.0684. The molecule has 1 fully saturated rings. The highest BCUT2D eigenvalue weighted by atomic mass is 19.2. The second-order valence-electron chi connectivity index (χ2n) is 9.03. The van der Waals surface area contributed by atoms with Crippen molar-refractivity contribution in [2.45, 2.75) is 70.9 Å². The molecule has 1 unspecified atom stereocenters. The van der Waals surface area contributed by atoms with Crippen LogP contribution < -0.4 is 4.74 Å². The summed E-state index contributed by atoms with van der Waals surface area (Å²) in [4.78, 5) is 10.9. The Balaban J connectivity index is 1.76. The zero-order chi connectivity index (χ0) is 24.0. The van der Waals surface area contributed by atoms with Crippen molar-refractivity contribution in [2.75, 3.05) is 6.61 Å². The minimum atomic E-state index is -1.80. The second-order valence-corrected chi connectivity index (χ2v) is 9.03. The Morgan fingerprint density at radius 3 is 2.45 bits per heavy atom. The third-order valence-corrected chi connectivity index (χ3v) is 6.92. The van der Waals surface area contributed by atoms with E-state index in [2.05, 4.69) is 0 Å². The first kappa shape index (κ1) is 25.1. The molecule has 0 saturated heterocycles. The molecule has 0 bridgehead atoms. The van der Waals surface area contributed by atoms with Crippen molar-refractivity contribution < 1.29 is 27.8 Å². The van der Waals surface area contributed by atoms with Gasteiger partial charge in [0, 0.05) is 11.1 Å². The number of carbonyl (C=O) groups is 1. The summed E-state index contributed by atoms with van der Waals surface area (Å²) in [5.74, 6) is -1.91. The lowest BCUT2D eigenvalue weighted by molar-refractivity contribution is -0.143. The fourth-order valence-electron chi connectivity index (χ4n) is 5.04. The highest BCUT2D eigenvalue weighted by molar-refractivity contribution is 5.72. The largest absolute Gasteiger partial charge is 0.493 e. The van der Waals surface area contributed by atoms with Gasteiger partial charge >= 0.3 is 5.97 Å². The Bertz CT molecular complexity index is 938. The van der Waals surface area contributed by atoms with E-state index >= 15 is 0 Å². The third-order valence-electron chi connectivity index (χ3n) is 6.92. The molecule has 2 atom stereocenters. The van der Waals surface area contributed by atoms with Crippen LogP contribution in [0.15, 0.2) is 36.4 Å². The molecule has 0 amide bonds. The molecule has 1 aliphatic rings. The number of benzene rings is 2. The Morgan fingerprint density at radius 2 is 1.82 bits per heavy atom. The number of carboxylic acids is 1. The molecule has 0 aliphatic heterocycles. The van der Waals surface area contributed by atoms with Gasteiger partial charge in [-0.2, -0.15) is 0 Å². The van der Waals surface area contributed by atoms with Crippen LogP contribution >= 0.6 is 0 Å². The second kappa shape index (κ2) is 11.6. The Morgan fingerprint density at radius 1 is 1.09 bits per heavy atom. The Labute approximate surface area is 194 Å². The van der Waals surface area contributed by atoms with Crippen molar-refractivity contribution in [3.8, 4) is 16.9 Å². The fourth-order valence-corrected chi connectivity index (χ4v) is 5.04. The molecule has 3 rings (SSSR count). The number of halogens is 3. The highest BCUT2D eigenvalue weighted by Gasteiger charge is 2.31. The van der Waals surface area contributed by atoms with Gasteiger partial charge in [0.25, 0.3) is 0 Å². The number of hydrogen-bond acceptors (Lipinski definition) is 2. The quantitative estimate of drug-likeness (QED) is 0.397. The molecule has 0 heterocycles. The Kier molecular flexibility index (Phi) is 8.81. The van der Waals surface area contributed by atoms with Crippen LogP contribution in [0.4, 0.5) is 13.2 Å². The van der Waals surface area contributed by atoms with Gasteiger partial charge in [-0.1, -0.05) is 44.5 Å². The van der Waals surface area contributed by atoms with Crippen molar-refractivity contribution in [3.05, 3.63) is 53.6 Å². The number of alkyl halides is 1. The highest BCUT2D eigenvalue weighted by Crippen LogP contribution is 2.43. The summed E-state index contributed by atoms with van der Waals surface area (Å²) < 4.78 is 47.9. The molecular weight excluding hydrogens is 429 g/mol. The minimum Gasteiger partial charge on any atom is -0.493 e. The maximum atomic E-state index is 14.4. The lowest BCUT2D eigenvalue weighted by Crippen LogP contribution is -2.26. The molecule has 1 saturated carbocycles. The topological polar surface area (TPSA) is 46.5 Å². The molecule has 1 N–H and O–H groups in total. The predicted molar refractivity (Wildman–Crippen MR) is 123 cm³/mol. The molecule has 1 aliphatic carbocycles. The summed E-state index contributed by atoms with van der Waals surface area (Å²) in [6.45, 7) is 4.46. The van der Waals surface area contributed by atoms with E-state index in [1.54, 1.807) is 12.1 Å². The molecule has 33 heavy (non-hydrogen) atoms. The van der Waals surface area contributed by atoms with Gasteiger partial charge in [0.05, 0.1) is 6.61 Å². The van der Waals surface area contributed by atoms with Crippen molar-refractivity contribution in [2.24, 2.45) is 11.8 Å². The maximum Gasteiger partial charge on any atom is 0.338 e. The zero-order valence-electron chi connectivity index (χ0n) is 19.3. The van der Waals surface area contributed by atoms with E-state index in [0.717, 1.165) is 50.2 Å². The standard InChI is InChI=1S/C27H33F3O3/c1-3-14-33-25-16-20(12-13-21(25)22-6-5-7-23(28)26(22)30)19-10-8-18(9-11-19)17(4-2)15-24(29)27(31)32/h5-7,12-13,16-19,24H,3-4,8-11,14-15H2,1-2H3,(H,31,32)/t17?,18-,19-,24-/m0/s1. The van der Waals surface area contributed by atoms with Crippen molar-refractivity contribution in [1.29, 1.82) is 0 Å². The lowest BCUT2D eigenvalue weighted by Gasteiger charge is -2.34. The van der Waals surface area contributed by atoms with Gasteiger partial charge in [0.2, 0.25) is 0 Å². The van der Waals surface area contributed by atoms with Gasteiger partial charge in [0.1, 0.15) is 5.75 Å². The first-order chi connectivity index (χ1) is 15.8. The number of rotatable bonds is 10. The van der Waals surface area contributed by atoms with E-state index in [4.69, 9.17) is 9.84 Å². The molecule has 2 aromatic rings. The van der Waals surface area contributed by atoms with E-state index in [9.17, 15) is 18.0 Å². The molecule has 0 aromatic heterocycles. The van der Waals surface area contributed by atoms with Crippen molar-refractivity contribution >= 4 is 5.97 Å². The molecule has 2 aromatic carbocycles. The molecule has 0 spiro atoms. The summed E-state index contributed by atoms with van der Waals surface area (Å²) in [6, 6.07) is 9.85. The van der Waals surface area contributed by atoms with Crippen LogP contribution in [0.5, 0.6) is 5.75 Å². The van der Waals surface area contributed by atoms with E-state index < -0.39 is 23.8 Å². The fraction of sp³-hybridized carbons (Fsp3) is 0.519. The molecule has 180 valence electrons. The number of ether oxygens (including phenoxy) is 1. The molecular formula is C27H33F3O3. The van der Waals surface area contributed by atoms with Crippen LogP contribution in [0.25, 0.3) is 11.1 Å². The summed E-state index contributed by atoms with van der Waals surface area (Å²) >= 11 is 0. The van der Waals surface area contributed by atoms with Crippen LogP contribution in [0.2, 0.25) is 0 Å². The zero-order valence-corrected chi connectivity index (χ0v) is 19.3. The predicted octanol–water partition coefficient (Wildman–Crippen LogP) is 7.53. The van der Waals surface area contributed by atoms with Crippen LogP contribution in [-0.4, -0.2) is 23.9 Å². The first-order valence-corrected chi connectivity index (χ1v) is 11.9. The van der Waals surface area contributed by atoms with Crippen LogP contribution in [-0.2, 0) is 4.79 Å². The van der Waals surface area contributed by atoms with Gasteiger partial charge in [0.15, 0.2) is 17.8 Å². The van der Waals surface area contributed by atoms with Crippen molar-refractivity contribution in [1.82, 2.24) is 0 Å². The molecule has 0 radical (unpaired) electrons. The Hall–Kier alpha value is -2.50. The number of carboxylic acid groups (broad SMARTS) is 1. The summed E-state index contributed by atoms with van der Waals surface area (Å²) in [7, 11) is 0. The van der Waals surface area contributed by atoms with E-state index in [0.29, 0.717) is 29.8 Å². The van der Waals surface area contributed by atoms with Crippen LogP contribution in [0.1, 0.15) is 70.3 Å². The van der Waals surface area contributed by atoms with E-state index in [1.807, 2.05) is 26.0 Å². The van der Waals surface area contributed by atoms with Crippen molar-refractivity contribution in [3.63, 3.8) is 0 Å². The SMILES string of the molecule is CCCOc1cc([C@H]2CC[C@H](C(CC)C[C@H](F)C(=O)O)CC2)ccc1-c1cccc(F)c1F. The summed E-state index contributed by atoms with van der Waals surface area (Å²) in [5, 5.41) is 8.91. The first-order valence-electron chi connectivity index (χ1n) is 11.9. The van der Waals surface area contributed by atoms with Gasteiger partial charge in [-0.25, -0.2) is 18.0 Å². The number of aliphatic carboxylic acids is 1. The number of hydrogen-bond donors (Lipinski definition) is 1. The van der Waals surface area contributed by atoms with E-state index in [-0.39, 0.29) is 17.9 Å². The summed E-state index contributed by atoms with van der Waals surface area (Å²) in [6.07, 6.45) is 3.52. The maximum absolute atomic E-state index is 14.4. The smallest absolute Gasteiger partial charge is 0.338 e. The van der Waals surface area contributed by atoms with Gasteiger partial charge in [-0.15, -0.1) is 0 Å². The average molecular weight is 463 g/mol. The van der Waals surface area contributed by atoms with Crippen LogP contribution in [0.3, 0.4) is 0 Å². The van der Waals surface area contributed by atoms with Gasteiger partial charge in [-0.3, -0.25) is 0 Å².